The highest BCUT2D eigenvalue weighted by atomic mass is 16.3. The number of amides is 2. The van der Waals surface area contributed by atoms with E-state index in [2.05, 4.69) is 27.7 Å². The summed E-state index contributed by atoms with van der Waals surface area (Å²) >= 11 is 0. The third-order valence-electron chi connectivity index (χ3n) is 4.02. The van der Waals surface area contributed by atoms with Crippen LogP contribution >= 0.6 is 0 Å². The Morgan fingerprint density at radius 3 is 2.32 bits per heavy atom. The van der Waals surface area contributed by atoms with Crippen LogP contribution in [0.1, 0.15) is 25.8 Å². The smallest absolute Gasteiger partial charge is 0.319 e. The molecule has 0 unspecified atom stereocenters. The maximum atomic E-state index is 12.0. The Hall–Kier alpha value is -2.53. The highest BCUT2D eigenvalue weighted by Gasteiger charge is 2.19. The number of hydrogen-bond donors (Lipinski definition) is 3. The second-order valence-corrected chi connectivity index (χ2v) is 6.83. The van der Waals surface area contributed by atoms with Crippen LogP contribution in [-0.2, 0) is 6.54 Å². The molecule has 2 aromatic rings. The fourth-order valence-corrected chi connectivity index (χ4v) is 2.56. The summed E-state index contributed by atoms with van der Waals surface area (Å²) in [5.41, 5.74) is 2.61. The van der Waals surface area contributed by atoms with Gasteiger partial charge in [-0.05, 0) is 50.1 Å². The maximum Gasteiger partial charge on any atom is 0.319 e. The van der Waals surface area contributed by atoms with E-state index in [-0.39, 0.29) is 12.6 Å². The number of nitrogens with one attached hydrogen (secondary N) is 2. The van der Waals surface area contributed by atoms with Gasteiger partial charge >= 0.3 is 6.03 Å². The van der Waals surface area contributed by atoms with Crippen molar-refractivity contribution in [2.75, 3.05) is 23.9 Å². The van der Waals surface area contributed by atoms with E-state index in [1.807, 2.05) is 63.4 Å². The normalized spacial score (nSPS) is 11.0. The standard InChI is InChI=1S/C20H27N3O2/c1-20(2,13-14-24)22-19(25)21-17-9-11-18(12-10-17)23(3)15-16-7-5-4-6-8-16/h4-12,24H,13-15H2,1-3H3,(H2,21,22,25). The van der Waals surface area contributed by atoms with E-state index < -0.39 is 5.54 Å². The summed E-state index contributed by atoms with van der Waals surface area (Å²) < 4.78 is 0. The summed E-state index contributed by atoms with van der Waals surface area (Å²) in [5, 5.41) is 14.7. The van der Waals surface area contributed by atoms with Gasteiger partial charge in [0.1, 0.15) is 0 Å². The van der Waals surface area contributed by atoms with Gasteiger partial charge in [-0.1, -0.05) is 30.3 Å². The summed E-state index contributed by atoms with van der Waals surface area (Å²) in [6, 6.07) is 17.7. The monoisotopic (exact) mass is 341 g/mol. The minimum absolute atomic E-state index is 0.0374. The molecule has 0 bridgehead atoms. The topological polar surface area (TPSA) is 64.6 Å². The number of carbonyl (C=O) groups excluding carboxylic acids is 1. The van der Waals surface area contributed by atoms with Gasteiger partial charge in [-0.25, -0.2) is 4.79 Å². The van der Waals surface area contributed by atoms with Crippen LogP contribution in [0.5, 0.6) is 0 Å². The number of anilines is 2. The van der Waals surface area contributed by atoms with Crippen molar-refractivity contribution in [3.05, 3.63) is 60.2 Å². The van der Waals surface area contributed by atoms with Gasteiger partial charge in [-0.3, -0.25) is 0 Å². The first-order valence-corrected chi connectivity index (χ1v) is 8.45. The predicted octanol–water partition coefficient (Wildman–Crippen LogP) is 3.61. The summed E-state index contributed by atoms with van der Waals surface area (Å²) in [6.45, 7) is 4.62. The third-order valence-corrected chi connectivity index (χ3v) is 4.02. The van der Waals surface area contributed by atoms with Crippen molar-refractivity contribution in [1.82, 2.24) is 5.32 Å². The molecular weight excluding hydrogens is 314 g/mol. The molecule has 134 valence electrons. The summed E-state index contributed by atoms with van der Waals surface area (Å²) in [5.74, 6) is 0. The molecule has 0 aliphatic carbocycles. The number of benzene rings is 2. The fraction of sp³-hybridized carbons (Fsp3) is 0.350. The summed E-state index contributed by atoms with van der Waals surface area (Å²) in [7, 11) is 2.04. The average Bonchev–Trinajstić information content (AvgIpc) is 2.55. The Kier molecular flexibility index (Phi) is 6.42. The van der Waals surface area contributed by atoms with Gasteiger partial charge in [-0.2, -0.15) is 0 Å². The summed E-state index contributed by atoms with van der Waals surface area (Å²) in [4.78, 5) is 14.2. The molecule has 0 aliphatic heterocycles. The van der Waals surface area contributed by atoms with Crippen LogP contribution in [0, 0.1) is 0 Å². The number of aliphatic hydroxyl groups excluding tert-OH is 1. The molecule has 0 aromatic heterocycles. The highest BCUT2D eigenvalue weighted by molar-refractivity contribution is 5.89. The zero-order valence-electron chi connectivity index (χ0n) is 15.1. The molecule has 0 spiro atoms. The van der Waals surface area contributed by atoms with Gasteiger partial charge in [0.05, 0.1) is 0 Å². The lowest BCUT2D eigenvalue weighted by Gasteiger charge is -2.25. The first-order chi connectivity index (χ1) is 11.9. The fourth-order valence-electron chi connectivity index (χ4n) is 2.56. The molecule has 0 heterocycles. The number of carbonyl (C=O) groups is 1. The molecule has 2 amide bonds. The van der Waals surface area contributed by atoms with Crippen LogP contribution in [0.25, 0.3) is 0 Å². The van der Waals surface area contributed by atoms with Crippen molar-refractivity contribution in [3.8, 4) is 0 Å². The molecule has 5 nitrogen and oxygen atoms in total. The van der Waals surface area contributed by atoms with Gasteiger partial charge in [0.25, 0.3) is 0 Å². The van der Waals surface area contributed by atoms with Crippen LogP contribution in [0.15, 0.2) is 54.6 Å². The molecule has 2 rings (SSSR count). The van der Waals surface area contributed by atoms with Gasteiger partial charge < -0.3 is 20.6 Å². The SMILES string of the molecule is CN(Cc1ccccc1)c1ccc(NC(=O)NC(C)(C)CCO)cc1. The summed E-state index contributed by atoms with van der Waals surface area (Å²) in [6.07, 6.45) is 0.504. The van der Waals surface area contributed by atoms with E-state index in [9.17, 15) is 4.79 Å². The Balaban J connectivity index is 1.92. The van der Waals surface area contributed by atoms with E-state index in [0.29, 0.717) is 6.42 Å². The predicted molar refractivity (Wildman–Crippen MR) is 103 cm³/mol. The number of urea groups is 1. The van der Waals surface area contributed by atoms with Crippen molar-refractivity contribution in [1.29, 1.82) is 0 Å². The Bertz CT molecular complexity index is 669. The van der Waals surface area contributed by atoms with Crippen molar-refractivity contribution in [2.45, 2.75) is 32.4 Å². The molecule has 25 heavy (non-hydrogen) atoms. The molecule has 5 heteroatoms. The van der Waals surface area contributed by atoms with Gasteiger partial charge in [0.2, 0.25) is 0 Å². The van der Waals surface area contributed by atoms with Crippen LogP contribution < -0.4 is 15.5 Å². The number of rotatable bonds is 7. The number of hydrogen-bond acceptors (Lipinski definition) is 3. The lowest BCUT2D eigenvalue weighted by atomic mass is 10.0. The van der Waals surface area contributed by atoms with Crippen molar-refractivity contribution < 1.29 is 9.90 Å². The molecule has 0 fully saturated rings. The van der Waals surface area contributed by atoms with E-state index in [4.69, 9.17) is 5.11 Å². The molecule has 2 aromatic carbocycles. The Morgan fingerprint density at radius 1 is 1.08 bits per heavy atom. The minimum Gasteiger partial charge on any atom is -0.396 e. The molecule has 3 N–H and O–H groups in total. The lowest BCUT2D eigenvalue weighted by Crippen LogP contribution is -2.46. The minimum atomic E-state index is -0.450. The Labute approximate surface area is 149 Å². The third kappa shape index (κ3) is 6.12. The van der Waals surface area contributed by atoms with Crippen molar-refractivity contribution in [3.63, 3.8) is 0 Å². The Morgan fingerprint density at radius 2 is 1.72 bits per heavy atom. The first-order valence-electron chi connectivity index (χ1n) is 8.45. The molecular formula is C20H27N3O2. The van der Waals surface area contributed by atoms with Crippen LogP contribution in [-0.4, -0.2) is 30.3 Å². The zero-order valence-corrected chi connectivity index (χ0v) is 15.1. The van der Waals surface area contributed by atoms with Crippen LogP contribution in [0.2, 0.25) is 0 Å². The van der Waals surface area contributed by atoms with Gasteiger partial charge in [0, 0.05) is 37.1 Å². The first kappa shape index (κ1) is 18.8. The van der Waals surface area contributed by atoms with Crippen LogP contribution in [0.4, 0.5) is 16.2 Å². The zero-order chi connectivity index (χ0) is 18.3. The van der Waals surface area contributed by atoms with Gasteiger partial charge in [-0.15, -0.1) is 0 Å². The highest BCUT2D eigenvalue weighted by Crippen LogP contribution is 2.19. The molecule has 0 saturated heterocycles. The molecule has 0 saturated carbocycles. The van der Waals surface area contributed by atoms with Crippen LogP contribution in [0.3, 0.4) is 0 Å². The number of nitrogens with zero attached hydrogens (tertiary/aromatic N) is 1. The lowest BCUT2D eigenvalue weighted by molar-refractivity contribution is 0.218. The van der Waals surface area contributed by atoms with Crippen molar-refractivity contribution >= 4 is 17.4 Å². The van der Waals surface area contributed by atoms with E-state index in [1.165, 1.54) is 5.56 Å². The van der Waals surface area contributed by atoms with E-state index in [0.717, 1.165) is 17.9 Å². The molecule has 0 atom stereocenters. The van der Waals surface area contributed by atoms with Gasteiger partial charge in [0.15, 0.2) is 0 Å². The maximum absolute atomic E-state index is 12.0. The average molecular weight is 341 g/mol. The van der Waals surface area contributed by atoms with E-state index in [1.54, 1.807) is 0 Å². The molecule has 0 radical (unpaired) electrons. The van der Waals surface area contributed by atoms with Crippen molar-refractivity contribution in [2.24, 2.45) is 0 Å². The second-order valence-electron chi connectivity index (χ2n) is 6.83. The second kappa shape index (κ2) is 8.53. The van der Waals surface area contributed by atoms with E-state index >= 15 is 0 Å². The largest absolute Gasteiger partial charge is 0.396 e. The molecule has 0 aliphatic rings. The number of aliphatic hydroxyl groups is 1. The quantitative estimate of drug-likeness (QED) is 0.721.